The van der Waals surface area contributed by atoms with Gasteiger partial charge in [-0.2, -0.15) is 11.8 Å². The minimum Gasteiger partial charge on any atom is -0.481 e. The Morgan fingerprint density at radius 3 is 2.80 bits per heavy atom. The number of hydrogen-bond donors (Lipinski definition) is 3. The Morgan fingerprint density at radius 2 is 2.08 bits per heavy atom. The number of fused-ring (bicyclic) bond motifs is 1. The molecule has 25 heavy (non-hydrogen) atoms. The Bertz CT molecular complexity index is 439. The fraction of sp³-hybridized carbons (Fsp3) is 0.850. The average Bonchev–Trinajstić information content (AvgIpc) is 2.87. The van der Waals surface area contributed by atoms with E-state index in [2.05, 4.69) is 13.0 Å². The van der Waals surface area contributed by atoms with Gasteiger partial charge in [-0.1, -0.05) is 38.3 Å². The summed E-state index contributed by atoms with van der Waals surface area (Å²) >= 11 is 1.96. The van der Waals surface area contributed by atoms with E-state index >= 15 is 0 Å². The van der Waals surface area contributed by atoms with Crippen LogP contribution >= 0.6 is 11.8 Å². The standard InChI is InChI=1S/C20H34O4S/c1-2-3-4-6-14(21)9-11-16-17-12-10-15(7-5-8-20(23)24)25-19(17)13-18(16)22/h9,11,14-19,21-22H,2-8,10,12-13H2,1H3,(H,23,24)/b11-9+/t14-,15-,16+,17+,18+,19-/m0/s1. The highest BCUT2D eigenvalue weighted by Gasteiger charge is 2.44. The summed E-state index contributed by atoms with van der Waals surface area (Å²) in [6, 6.07) is 0. The van der Waals surface area contributed by atoms with Gasteiger partial charge in [0.05, 0.1) is 12.2 Å². The van der Waals surface area contributed by atoms with Crippen LogP contribution in [0.5, 0.6) is 0 Å². The molecule has 5 heteroatoms. The van der Waals surface area contributed by atoms with Crippen LogP contribution in [0.15, 0.2) is 12.2 Å². The smallest absolute Gasteiger partial charge is 0.303 e. The lowest BCUT2D eigenvalue weighted by Crippen LogP contribution is -2.26. The Morgan fingerprint density at radius 1 is 1.28 bits per heavy atom. The number of unbranched alkanes of at least 4 members (excludes halogenated alkanes) is 2. The van der Waals surface area contributed by atoms with Crippen molar-refractivity contribution in [3.05, 3.63) is 12.2 Å². The average molecular weight is 371 g/mol. The van der Waals surface area contributed by atoms with E-state index in [9.17, 15) is 15.0 Å². The number of aliphatic hydroxyl groups is 2. The zero-order chi connectivity index (χ0) is 18.2. The molecule has 1 heterocycles. The number of carboxylic acids is 1. The van der Waals surface area contributed by atoms with Gasteiger partial charge in [0.25, 0.3) is 0 Å². The molecule has 2 fully saturated rings. The minimum atomic E-state index is -0.710. The number of hydrogen-bond acceptors (Lipinski definition) is 4. The van der Waals surface area contributed by atoms with Crippen molar-refractivity contribution in [2.45, 2.75) is 93.8 Å². The molecule has 0 spiro atoms. The van der Waals surface area contributed by atoms with Crippen molar-refractivity contribution in [1.82, 2.24) is 0 Å². The number of aliphatic carboxylic acids is 1. The van der Waals surface area contributed by atoms with Crippen molar-refractivity contribution >= 4 is 17.7 Å². The van der Waals surface area contributed by atoms with Crippen LogP contribution in [-0.2, 0) is 4.79 Å². The molecule has 0 radical (unpaired) electrons. The third-order valence-corrected chi connectivity index (χ3v) is 7.40. The lowest BCUT2D eigenvalue weighted by Gasteiger charge is -2.33. The summed E-state index contributed by atoms with van der Waals surface area (Å²) in [4.78, 5) is 10.7. The van der Waals surface area contributed by atoms with E-state index in [0.717, 1.165) is 57.8 Å². The molecule has 1 aliphatic heterocycles. The van der Waals surface area contributed by atoms with E-state index in [1.54, 1.807) is 0 Å². The molecule has 0 aromatic heterocycles. The van der Waals surface area contributed by atoms with Gasteiger partial charge in [0.1, 0.15) is 0 Å². The van der Waals surface area contributed by atoms with Crippen molar-refractivity contribution in [3.63, 3.8) is 0 Å². The number of rotatable bonds is 10. The van der Waals surface area contributed by atoms with Gasteiger partial charge in [-0.3, -0.25) is 4.79 Å². The second-order valence-electron chi connectivity index (χ2n) is 7.65. The summed E-state index contributed by atoms with van der Waals surface area (Å²) in [7, 11) is 0. The maximum absolute atomic E-state index is 10.7. The molecule has 0 amide bonds. The van der Waals surface area contributed by atoms with Gasteiger partial charge in [0.15, 0.2) is 0 Å². The van der Waals surface area contributed by atoms with Crippen molar-refractivity contribution in [2.24, 2.45) is 11.8 Å². The van der Waals surface area contributed by atoms with E-state index < -0.39 is 12.1 Å². The first kappa shape index (κ1) is 20.8. The van der Waals surface area contributed by atoms with Crippen molar-refractivity contribution in [3.8, 4) is 0 Å². The Balaban J connectivity index is 1.79. The maximum atomic E-state index is 10.7. The zero-order valence-corrected chi connectivity index (χ0v) is 16.2. The fourth-order valence-electron chi connectivity index (χ4n) is 4.25. The predicted octanol–water partition coefficient (Wildman–Crippen LogP) is 4.00. The third kappa shape index (κ3) is 6.61. The van der Waals surface area contributed by atoms with E-state index in [1.165, 1.54) is 0 Å². The first-order valence-electron chi connectivity index (χ1n) is 9.93. The van der Waals surface area contributed by atoms with Gasteiger partial charge in [-0.15, -0.1) is 0 Å². The van der Waals surface area contributed by atoms with E-state index in [1.807, 2.05) is 17.8 Å². The van der Waals surface area contributed by atoms with Crippen LogP contribution in [0.3, 0.4) is 0 Å². The molecule has 1 saturated heterocycles. The second-order valence-corrected chi connectivity index (χ2v) is 9.20. The fourth-order valence-corrected chi connectivity index (χ4v) is 6.15. The third-order valence-electron chi connectivity index (χ3n) is 5.65. The highest BCUT2D eigenvalue weighted by Crippen LogP contribution is 2.49. The van der Waals surface area contributed by atoms with Crippen molar-refractivity contribution in [2.75, 3.05) is 0 Å². The normalized spacial score (nSPS) is 33.5. The Labute approximate surface area is 156 Å². The summed E-state index contributed by atoms with van der Waals surface area (Å²) in [6.07, 6.45) is 12.5. The lowest BCUT2D eigenvalue weighted by molar-refractivity contribution is -0.137. The largest absolute Gasteiger partial charge is 0.481 e. The first-order valence-corrected chi connectivity index (χ1v) is 10.9. The molecule has 0 unspecified atom stereocenters. The maximum Gasteiger partial charge on any atom is 0.303 e. The summed E-state index contributed by atoms with van der Waals surface area (Å²) in [5.41, 5.74) is 0. The number of carbonyl (C=O) groups is 1. The Kier molecular flexibility index (Phi) is 8.80. The van der Waals surface area contributed by atoms with Crippen LogP contribution in [0, 0.1) is 11.8 Å². The summed E-state index contributed by atoms with van der Waals surface area (Å²) in [6.45, 7) is 2.16. The molecule has 0 aromatic carbocycles. The highest BCUT2D eigenvalue weighted by atomic mass is 32.2. The number of aliphatic hydroxyl groups excluding tert-OH is 2. The zero-order valence-electron chi connectivity index (χ0n) is 15.3. The molecule has 3 N–H and O–H groups in total. The van der Waals surface area contributed by atoms with Gasteiger partial charge in [0.2, 0.25) is 0 Å². The summed E-state index contributed by atoms with van der Waals surface area (Å²) < 4.78 is 0. The minimum absolute atomic E-state index is 0.165. The van der Waals surface area contributed by atoms with Crippen LogP contribution in [0.4, 0.5) is 0 Å². The molecule has 4 nitrogen and oxygen atoms in total. The molecule has 1 aliphatic carbocycles. The van der Waals surface area contributed by atoms with E-state index in [4.69, 9.17) is 5.11 Å². The first-order chi connectivity index (χ1) is 12.0. The molecular weight excluding hydrogens is 336 g/mol. The van der Waals surface area contributed by atoms with Crippen molar-refractivity contribution in [1.29, 1.82) is 0 Å². The molecule has 2 aliphatic rings. The van der Waals surface area contributed by atoms with Gasteiger partial charge in [-0.05, 0) is 44.4 Å². The number of carboxylic acid groups (broad SMARTS) is 1. The van der Waals surface area contributed by atoms with Crippen LogP contribution in [0.1, 0.15) is 71.1 Å². The monoisotopic (exact) mass is 370 g/mol. The van der Waals surface area contributed by atoms with Gasteiger partial charge in [-0.25, -0.2) is 0 Å². The quantitative estimate of drug-likeness (QED) is 0.400. The Hall–Kier alpha value is -0.520. The van der Waals surface area contributed by atoms with Crippen LogP contribution < -0.4 is 0 Å². The van der Waals surface area contributed by atoms with Crippen molar-refractivity contribution < 1.29 is 20.1 Å². The van der Waals surface area contributed by atoms with E-state index in [-0.39, 0.29) is 18.4 Å². The predicted molar refractivity (Wildman–Crippen MR) is 103 cm³/mol. The topological polar surface area (TPSA) is 77.8 Å². The summed E-state index contributed by atoms with van der Waals surface area (Å²) in [5.74, 6) is -0.0502. The van der Waals surface area contributed by atoms with Gasteiger partial charge in [0, 0.05) is 22.8 Å². The molecule has 1 saturated carbocycles. The SMILES string of the molecule is CCCCC[C@H](O)/C=C/[C@@H]1[C@H]2CC[C@H](CCCC(=O)O)S[C@H]2C[C@H]1O. The van der Waals surface area contributed by atoms with Crippen LogP contribution in [0.2, 0.25) is 0 Å². The van der Waals surface area contributed by atoms with Gasteiger partial charge < -0.3 is 15.3 Å². The van der Waals surface area contributed by atoms with Gasteiger partial charge >= 0.3 is 5.97 Å². The highest BCUT2D eigenvalue weighted by molar-refractivity contribution is 8.00. The molecule has 0 aromatic rings. The van der Waals surface area contributed by atoms with Crippen LogP contribution in [0.25, 0.3) is 0 Å². The summed E-state index contributed by atoms with van der Waals surface area (Å²) in [5, 5.41) is 30.3. The molecule has 6 atom stereocenters. The molecule has 0 bridgehead atoms. The molecular formula is C20H34O4S. The molecule has 144 valence electrons. The number of thioether (sulfide) groups is 1. The lowest BCUT2D eigenvalue weighted by atomic mass is 9.88. The van der Waals surface area contributed by atoms with Crippen LogP contribution in [-0.4, -0.2) is 44.0 Å². The molecule has 2 rings (SSSR count). The van der Waals surface area contributed by atoms with E-state index in [0.29, 0.717) is 16.4 Å². The second kappa shape index (κ2) is 10.6.